The first-order valence-corrected chi connectivity index (χ1v) is 6.85. The highest BCUT2D eigenvalue weighted by molar-refractivity contribution is 5.83. The molecule has 20 heavy (non-hydrogen) atoms. The highest BCUT2D eigenvalue weighted by Gasteiger charge is 2.44. The third-order valence-electron chi connectivity index (χ3n) is 3.56. The largest absolute Gasteiger partial charge is 0.458 e. The van der Waals surface area contributed by atoms with Crippen molar-refractivity contribution in [2.24, 2.45) is 11.7 Å². The van der Waals surface area contributed by atoms with Crippen molar-refractivity contribution < 1.29 is 14.3 Å². The third kappa shape index (κ3) is 2.92. The van der Waals surface area contributed by atoms with E-state index in [1.165, 1.54) is 0 Å². The lowest BCUT2D eigenvalue weighted by atomic mass is 9.91. The Labute approximate surface area is 119 Å². The third-order valence-corrected chi connectivity index (χ3v) is 3.56. The first-order valence-electron chi connectivity index (χ1n) is 6.85. The van der Waals surface area contributed by atoms with Gasteiger partial charge in [0, 0.05) is 6.54 Å². The van der Waals surface area contributed by atoms with Crippen LogP contribution < -0.4 is 5.73 Å². The van der Waals surface area contributed by atoms with Crippen LogP contribution in [0.2, 0.25) is 0 Å². The molecule has 1 aliphatic heterocycles. The molecule has 1 unspecified atom stereocenters. The van der Waals surface area contributed by atoms with Crippen molar-refractivity contribution in [3.63, 3.8) is 0 Å². The van der Waals surface area contributed by atoms with Gasteiger partial charge in [-0.15, -0.1) is 0 Å². The molecule has 0 amide bonds. The second-order valence-electron chi connectivity index (χ2n) is 5.26. The summed E-state index contributed by atoms with van der Waals surface area (Å²) in [5, 5.41) is 0. The van der Waals surface area contributed by atoms with Crippen molar-refractivity contribution >= 4 is 5.97 Å². The monoisotopic (exact) mass is 275 g/mol. The quantitative estimate of drug-likeness (QED) is 0.661. The van der Waals surface area contributed by atoms with Crippen LogP contribution in [0.5, 0.6) is 0 Å². The van der Waals surface area contributed by atoms with Crippen LogP contribution in [0, 0.1) is 5.92 Å². The number of carbonyl (C=O) groups is 1. The summed E-state index contributed by atoms with van der Waals surface area (Å²) in [4.78, 5) is 12.3. The summed E-state index contributed by atoms with van der Waals surface area (Å²) in [6, 6.07) is 7.72. The molecule has 4 heteroatoms. The zero-order chi connectivity index (χ0) is 14.6. The van der Waals surface area contributed by atoms with Crippen molar-refractivity contribution in [2.75, 3.05) is 6.61 Å². The van der Waals surface area contributed by atoms with Crippen LogP contribution in [0.4, 0.5) is 0 Å². The molecule has 1 heterocycles. The van der Waals surface area contributed by atoms with E-state index in [0.717, 1.165) is 11.1 Å². The lowest BCUT2D eigenvalue weighted by molar-refractivity contribution is -0.169. The number of nitrogens with two attached hydrogens (primary N) is 1. The molecule has 1 aliphatic rings. The van der Waals surface area contributed by atoms with Gasteiger partial charge >= 0.3 is 5.97 Å². The summed E-state index contributed by atoms with van der Waals surface area (Å²) in [6.07, 6.45) is 3.66. The maximum Gasteiger partial charge on any atom is 0.343 e. The van der Waals surface area contributed by atoms with Crippen LogP contribution in [-0.2, 0) is 27.4 Å². The Morgan fingerprint density at radius 3 is 2.80 bits per heavy atom. The maximum atomic E-state index is 12.3. The average molecular weight is 275 g/mol. The molecule has 2 N–H and O–H groups in total. The van der Waals surface area contributed by atoms with Crippen molar-refractivity contribution in [3.05, 3.63) is 47.5 Å². The molecule has 1 atom stereocenters. The van der Waals surface area contributed by atoms with Gasteiger partial charge in [-0.3, -0.25) is 0 Å². The number of rotatable bonds is 5. The fraction of sp³-hybridized carbons (Fsp3) is 0.438. The Morgan fingerprint density at radius 1 is 1.45 bits per heavy atom. The minimum atomic E-state index is -0.939. The van der Waals surface area contributed by atoms with E-state index in [4.69, 9.17) is 15.2 Å². The van der Waals surface area contributed by atoms with Crippen LogP contribution in [-0.4, -0.2) is 18.2 Å². The van der Waals surface area contributed by atoms with E-state index in [1.807, 2.05) is 44.2 Å². The van der Waals surface area contributed by atoms with Gasteiger partial charge in [0.05, 0.1) is 6.61 Å². The fourth-order valence-electron chi connectivity index (χ4n) is 2.29. The molecule has 108 valence electrons. The van der Waals surface area contributed by atoms with Gasteiger partial charge in [0.2, 0.25) is 0 Å². The molecule has 0 saturated carbocycles. The van der Waals surface area contributed by atoms with E-state index in [9.17, 15) is 4.79 Å². The smallest absolute Gasteiger partial charge is 0.343 e. The molecule has 0 spiro atoms. The van der Waals surface area contributed by atoms with Gasteiger partial charge in [-0.05, 0) is 23.1 Å². The second kappa shape index (κ2) is 6.20. The number of benzene rings is 1. The molecule has 0 aromatic heterocycles. The minimum Gasteiger partial charge on any atom is -0.458 e. The Balaban J connectivity index is 2.02. The molecule has 0 saturated heterocycles. The summed E-state index contributed by atoms with van der Waals surface area (Å²) in [5.41, 5.74) is 6.61. The highest BCUT2D eigenvalue weighted by atomic mass is 16.6. The van der Waals surface area contributed by atoms with Crippen molar-refractivity contribution in [1.29, 1.82) is 0 Å². The van der Waals surface area contributed by atoms with Gasteiger partial charge in [-0.2, -0.15) is 0 Å². The first kappa shape index (κ1) is 14.8. The van der Waals surface area contributed by atoms with Crippen LogP contribution in [0.25, 0.3) is 0 Å². The lowest BCUT2D eigenvalue weighted by Gasteiger charge is -2.28. The summed E-state index contributed by atoms with van der Waals surface area (Å²) in [7, 11) is 0. The molecule has 0 aliphatic carbocycles. The van der Waals surface area contributed by atoms with Crippen LogP contribution >= 0.6 is 0 Å². The zero-order valence-electron chi connectivity index (χ0n) is 12.0. The van der Waals surface area contributed by atoms with E-state index in [-0.39, 0.29) is 18.5 Å². The fourth-order valence-corrected chi connectivity index (χ4v) is 2.29. The summed E-state index contributed by atoms with van der Waals surface area (Å²) >= 11 is 0. The van der Waals surface area contributed by atoms with Gasteiger partial charge in [-0.1, -0.05) is 44.2 Å². The number of esters is 1. The SMILES string of the molecule is CC(C)C1(C(=O)OCc2cccc(CN)c2)C=CCO1. The second-order valence-corrected chi connectivity index (χ2v) is 5.26. The predicted molar refractivity (Wildman–Crippen MR) is 76.8 cm³/mol. The standard InChI is InChI=1S/C16H21NO3/c1-12(2)16(7-4-8-20-16)15(18)19-11-14-6-3-5-13(9-14)10-17/h3-7,9,12H,8,10-11,17H2,1-2H3. The van der Waals surface area contributed by atoms with E-state index < -0.39 is 5.60 Å². The summed E-state index contributed by atoms with van der Waals surface area (Å²) in [5.74, 6) is -0.302. The Morgan fingerprint density at radius 2 is 2.20 bits per heavy atom. The van der Waals surface area contributed by atoms with E-state index >= 15 is 0 Å². The Hall–Kier alpha value is -1.65. The normalized spacial score (nSPS) is 21.4. The molecule has 4 nitrogen and oxygen atoms in total. The van der Waals surface area contributed by atoms with Gasteiger partial charge < -0.3 is 15.2 Å². The van der Waals surface area contributed by atoms with Gasteiger partial charge in [0.1, 0.15) is 6.61 Å². The maximum absolute atomic E-state index is 12.3. The number of hydrogen-bond donors (Lipinski definition) is 1. The molecule has 0 radical (unpaired) electrons. The van der Waals surface area contributed by atoms with Crippen molar-refractivity contribution in [1.82, 2.24) is 0 Å². The van der Waals surface area contributed by atoms with Crippen LogP contribution in [0.3, 0.4) is 0 Å². The van der Waals surface area contributed by atoms with Crippen molar-refractivity contribution in [3.8, 4) is 0 Å². The van der Waals surface area contributed by atoms with Crippen LogP contribution in [0.15, 0.2) is 36.4 Å². The Kier molecular flexibility index (Phi) is 4.57. The van der Waals surface area contributed by atoms with E-state index in [0.29, 0.717) is 13.2 Å². The summed E-state index contributed by atoms with van der Waals surface area (Å²) in [6.45, 7) is 5.07. The molecular weight excluding hydrogens is 254 g/mol. The van der Waals surface area contributed by atoms with Crippen molar-refractivity contribution in [2.45, 2.75) is 32.6 Å². The topological polar surface area (TPSA) is 61.5 Å². The van der Waals surface area contributed by atoms with E-state index in [1.54, 1.807) is 6.08 Å². The zero-order valence-corrected chi connectivity index (χ0v) is 12.0. The first-order chi connectivity index (χ1) is 9.58. The number of carbonyl (C=O) groups excluding carboxylic acids is 1. The predicted octanol–water partition coefficient (Wildman–Crippen LogP) is 2.17. The van der Waals surface area contributed by atoms with Gasteiger partial charge in [-0.25, -0.2) is 4.79 Å². The summed E-state index contributed by atoms with van der Waals surface area (Å²) < 4.78 is 11.0. The molecule has 1 aromatic carbocycles. The highest BCUT2D eigenvalue weighted by Crippen LogP contribution is 2.29. The lowest BCUT2D eigenvalue weighted by Crippen LogP contribution is -2.43. The van der Waals surface area contributed by atoms with Gasteiger partial charge in [0.25, 0.3) is 0 Å². The number of ether oxygens (including phenoxy) is 2. The van der Waals surface area contributed by atoms with Gasteiger partial charge in [0.15, 0.2) is 5.60 Å². The molecule has 2 rings (SSSR count). The average Bonchev–Trinajstić information content (AvgIpc) is 2.96. The molecular formula is C16H21NO3. The Bertz CT molecular complexity index is 510. The molecule has 1 aromatic rings. The molecule has 0 fully saturated rings. The van der Waals surface area contributed by atoms with E-state index in [2.05, 4.69) is 0 Å². The number of hydrogen-bond acceptors (Lipinski definition) is 4. The minimum absolute atomic E-state index is 0.0316. The van der Waals surface area contributed by atoms with Crippen LogP contribution in [0.1, 0.15) is 25.0 Å². The molecule has 0 bridgehead atoms.